The Balaban J connectivity index is 2.86. The van der Waals surface area contributed by atoms with Crippen LogP contribution in [0.5, 0.6) is 0 Å². The summed E-state index contributed by atoms with van der Waals surface area (Å²) in [5, 5.41) is 22.7. The zero-order valence-corrected chi connectivity index (χ0v) is 9.33. The van der Waals surface area contributed by atoms with Gasteiger partial charge in [-0.15, -0.1) is 0 Å². The third-order valence-electron chi connectivity index (χ3n) is 2.44. The summed E-state index contributed by atoms with van der Waals surface area (Å²) >= 11 is 0. The van der Waals surface area contributed by atoms with Crippen molar-refractivity contribution in [2.45, 2.75) is 26.1 Å². The lowest BCUT2D eigenvalue weighted by Gasteiger charge is -2.18. The lowest BCUT2D eigenvalue weighted by Crippen LogP contribution is -2.21. The van der Waals surface area contributed by atoms with Gasteiger partial charge in [0.1, 0.15) is 6.10 Å². The number of aliphatic hydroxyl groups excluding tert-OH is 2. The second kappa shape index (κ2) is 5.51. The first-order valence-electron chi connectivity index (χ1n) is 5.00. The van der Waals surface area contributed by atoms with Crippen molar-refractivity contribution in [3.63, 3.8) is 0 Å². The Labute approximate surface area is 94.0 Å². The normalized spacial score (nSPS) is 14.0. The molecule has 0 heterocycles. The first-order chi connectivity index (χ1) is 7.56. The van der Waals surface area contributed by atoms with Gasteiger partial charge in [-0.2, -0.15) is 0 Å². The standard InChI is InChI=1S/C11H15N3O2/c1-7-3-4-9(8(2)5-7)11(16)10(15)6-13-14-12/h3-5,10-11,15-16H,6H2,1-2H3. The minimum atomic E-state index is -1.07. The molecule has 1 rings (SSSR count). The molecule has 2 unspecified atom stereocenters. The summed E-state index contributed by atoms with van der Waals surface area (Å²) in [6, 6.07) is 5.57. The Morgan fingerprint density at radius 3 is 2.62 bits per heavy atom. The van der Waals surface area contributed by atoms with Crippen LogP contribution in [0.1, 0.15) is 22.8 Å². The third-order valence-corrected chi connectivity index (χ3v) is 2.44. The van der Waals surface area contributed by atoms with Crippen LogP contribution in [0.25, 0.3) is 10.4 Å². The molecule has 2 atom stereocenters. The highest BCUT2D eigenvalue weighted by atomic mass is 16.3. The second-order valence-corrected chi connectivity index (χ2v) is 3.79. The van der Waals surface area contributed by atoms with Crippen LogP contribution in [-0.2, 0) is 0 Å². The summed E-state index contributed by atoms with van der Waals surface area (Å²) < 4.78 is 0. The number of rotatable bonds is 4. The first kappa shape index (κ1) is 12.5. The minimum Gasteiger partial charge on any atom is -0.390 e. The minimum absolute atomic E-state index is 0.134. The van der Waals surface area contributed by atoms with Crippen LogP contribution >= 0.6 is 0 Å². The van der Waals surface area contributed by atoms with Crippen LogP contribution in [0.4, 0.5) is 0 Å². The molecule has 0 saturated heterocycles. The molecule has 0 aliphatic rings. The van der Waals surface area contributed by atoms with Crippen molar-refractivity contribution in [3.05, 3.63) is 45.3 Å². The molecule has 0 spiro atoms. The Kier molecular flexibility index (Phi) is 4.31. The summed E-state index contributed by atoms with van der Waals surface area (Å²) in [5.41, 5.74) is 10.8. The zero-order chi connectivity index (χ0) is 12.1. The Morgan fingerprint density at radius 1 is 1.38 bits per heavy atom. The molecule has 0 aliphatic carbocycles. The highest BCUT2D eigenvalue weighted by Crippen LogP contribution is 2.21. The predicted molar refractivity (Wildman–Crippen MR) is 60.9 cm³/mol. The average molecular weight is 221 g/mol. The van der Waals surface area contributed by atoms with Gasteiger partial charge in [0.2, 0.25) is 0 Å². The van der Waals surface area contributed by atoms with Crippen LogP contribution in [0.2, 0.25) is 0 Å². The molecule has 2 N–H and O–H groups in total. The van der Waals surface area contributed by atoms with Crippen LogP contribution in [0.15, 0.2) is 23.3 Å². The van der Waals surface area contributed by atoms with E-state index in [1.807, 2.05) is 26.0 Å². The van der Waals surface area contributed by atoms with E-state index in [9.17, 15) is 10.2 Å². The van der Waals surface area contributed by atoms with Crippen molar-refractivity contribution < 1.29 is 10.2 Å². The Hall–Kier alpha value is -1.55. The highest BCUT2D eigenvalue weighted by molar-refractivity contribution is 5.32. The molecule has 5 heteroatoms. The Bertz CT molecular complexity index is 414. The van der Waals surface area contributed by atoms with Crippen molar-refractivity contribution in [2.24, 2.45) is 5.11 Å². The lowest BCUT2D eigenvalue weighted by molar-refractivity contribution is 0.0240. The van der Waals surface area contributed by atoms with Gasteiger partial charge in [-0.1, -0.05) is 28.9 Å². The van der Waals surface area contributed by atoms with Gasteiger partial charge in [0.25, 0.3) is 0 Å². The van der Waals surface area contributed by atoms with Gasteiger partial charge in [0.15, 0.2) is 0 Å². The summed E-state index contributed by atoms with van der Waals surface area (Å²) in [6.45, 7) is 3.69. The quantitative estimate of drug-likeness (QED) is 0.462. The monoisotopic (exact) mass is 221 g/mol. The van der Waals surface area contributed by atoms with E-state index in [1.165, 1.54) is 0 Å². The van der Waals surface area contributed by atoms with E-state index < -0.39 is 12.2 Å². The maximum Gasteiger partial charge on any atom is 0.105 e. The summed E-state index contributed by atoms with van der Waals surface area (Å²) in [5.74, 6) is 0. The van der Waals surface area contributed by atoms with Crippen LogP contribution in [0, 0.1) is 13.8 Å². The molecular weight excluding hydrogens is 206 g/mol. The van der Waals surface area contributed by atoms with Gasteiger partial charge in [-0.05, 0) is 30.5 Å². The first-order valence-corrected chi connectivity index (χ1v) is 5.00. The van der Waals surface area contributed by atoms with Gasteiger partial charge in [-0.25, -0.2) is 0 Å². The molecule has 16 heavy (non-hydrogen) atoms. The zero-order valence-electron chi connectivity index (χ0n) is 9.33. The molecule has 5 nitrogen and oxygen atoms in total. The number of aliphatic hydroxyl groups is 2. The maximum atomic E-state index is 9.85. The number of hydrogen-bond acceptors (Lipinski definition) is 3. The molecule has 0 fully saturated rings. The molecular formula is C11H15N3O2. The van der Waals surface area contributed by atoms with Gasteiger partial charge in [-0.3, -0.25) is 0 Å². The maximum absolute atomic E-state index is 9.85. The van der Waals surface area contributed by atoms with Crippen molar-refractivity contribution >= 4 is 0 Å². The topological polar surface area (TPSA) is 89.2 Å². The number of aryl methyl sites for hydroxylation is 2. The molecule has 0 radical (unpaired) electrons. The van der Waals surface area contributed by atoms with Gasteiger partial charge in [0.05, 0.1) is 12.6 Å². The van der Waals surface area contributed by atoms with Crippen molar-refractivity contribution in [1.29, 1.82) is 0 Å². The van der Waals surface area contributed by atoms with E-state index in [0.29, 0.717) is 5.56 Å². The van der Waals surface area contributed by atoms with E-state index in [1.54, 1.807) is 6.07 Å². The third kappa shape index (κ3) is 2.97. The summed E-state index contributed by atoms with van der Waals surface area (Å²) in [7, 11) is 0. The average Bonchev–Trinajstić information content (AvgIpc) is 2.25. The van der Waals surface area contributed by atoms with Crippen molar-refractivity contribution in [3.8, 4) is 0 Å². The number of benzene rings is 1. The van der Waals surface area contributed by atoms with E-state index in [2.05, 4.69) is 10.0 Å². The molecule has 1 aromatic carbocycles. The van der Waals surface area contributed by atoms with Crippen LogP contribution < -0.4 is 0 Å². The number of hydrogen-bond donors (Lipinski definition) is 2. The van der Waals surface area contributed by atoms with Gasteiger partial charge >= 0.3 is 0 Å². The molecule has 86 valence electrons. The number of nitrogens with zero attached hydrogens (tertiary/aromatic N) is 3. The Morgan fingerprint density at radius 2 is 2.06 bits per heavy atom. The molecule has 0 aliphatic heterocycles. The summed E-state index contributed by atoms with van der Waals surface area (Å²) in [6.07, 6.45) is -2.09. The largest absolute Gasteiger partial charge is 0.390 e. The van der Waals surface area contributed by atoms with Gasteiger partial charge < -0.3 is 10.2 Å². The number of azide groups is 1. The smallest absolute Gasteiger partial charge is 0.105 e. The molecule has 0 bridgehead atoms. The molecule has 0 aromatic heterocycles. The van der Waals surface area contributed by atoms with E-state index in [4.69, 9.17) is 5.53 Å². The van der Waals surface area contributed by atoms with Crippen molar-refractivity contribution in [2.75, 3.05) is 6.54 Å². The predicted octanol–water partition coefficient (Wildman–Crippen LogP) is 2.01. The lowest BCUT2D eigenvalue weighted by atomic mass is 9.98. The van der Waals surface area contributed by atoms with E-state index >= 15 is 0 Å². The fourth-order valence-corrected chi connectivity index (χ4v) is 1.58. The fraction of sp³-hybridized carbons (Fsp3) is 0.455. The van der Waals surface area contributed by atoms with Crippen LogP contribution in [-0.4, -0.2) is 22.9 Å². The van der Waals surface area contributed by atoms with Gasteiger partial charge in [0, 0.05) is 4.91 Å². The SMILES string of the molecule is Cc1ccc(C(O)C(O)CN=[N+]=[N-])c(C)c1. The molecule has 1 aromatic rings. The summed E-state index contributed by atoms with van der Waals surface area (Å²) in [4.78, 5) is 2.54. The van der Waals surface area contributed by atoms with E-state index in [-0.39, 0.29) is 6.54 Å². The van der Waals surface area contributed by atoms with Crippen LogP contribution in [0.3, 0.4) is 0 Å². The van der Waals surface area contributed by atoms with E-state index in [0.717, 1.165) is 11.1 Å². The fourth-order valence-electron chi connectivity index (χ4n) is 1.58. The highest BCUT2D eigenvalue weighted by Gasteiger charge is 2.19. The second-order valence-electron chi connectivity index (χ2n) is 3.79. The molecule has 0 saturated carbocycles. The van der Waals surface area contributed by atoms with Crippen molar-refractivity contribution in [1.82, 2.24) is 0 Å². The molecule has 0 amide bonds.